The number of aromatic nitrogens is 3. The third-order valence-corrected chi connectivity index (χ3v) is 3.28. The van der Waals surface area contributed by atoms with Gasteiger partial charge in [0.15, 0.2) is 28.1 Å². The van der Waals surface area contributed by atoms with Gasteiger partial charge in [0.1, 0.15) is 4.90 Å². The van der Waals surface area contributed by atoms with Crippen molar-refractivity contribution >= 4 is 17.6 Å². The molecule has 0 amide bonds. The Morgan fingerprint density at radius 2 is 1.38 bits per heavy atom. The van der Waals surface area contributed by atoms with Crippen LogP contribution in [0.5, 0.6) is 0 Å². The first-order valence-electron chi connectivity index (χ1n) is 6.02. The van der Waals surface area contributed by atoms with Gasteiger partial charge in [-0.2, -0.15) is 4.57 Å². The number of nitrogens with zero attached hydrogens (tertiary/aromatic N) is 3. The molecule has 2 aromatic rings. The van der Waals surface area contributed by atoms with Gasteiger partial charge in [0.2, 0.25) is 6.54 Å². The first-order valence-corrected chi connectivity index (χ1v) is 9.94. The van der Waals surface area contributed by atoms with E-state index in [0.717, 1.165) is 6.26 Å². The Hall–Kier alpha value is -1.81. The molecule has 0 atom stereocenters. The van der Waals surface area contributed by atoms with Crippen LogP contribution in [0, 0.1) is 0 Å². The van der Waals surface area contributed by atoms with Crippen molar-refractivity contribution in [1.29, 1.82) is 0 Å². The van der Waals surface area contributed by atoms with Gasteiger partial charge in [-0.25, -0.2) is 18.4 Å². The molecule has 13 heteroatoms. The van der Waals surface area contributed by atoms with Crippen LogP contribution in [0.25, 0.3) is 0 Å². The van der Waals surface area contributed by atoms with E-state index in [2.05, 4.69) is 9.97 Å². The van der Waals surface area contributed by atoms with Gasteiger partial charge in [0.05, 0.1) is 0 Å². The zero-order valence-electron chi connectivity index (χ0n) is 12.0. The number of hydrogen-bond acceptors (Lipinski definition) is 4. The second-order valence-corrected chi connectivity index (χ2v) is 8.55. The fraction of sp³-hybridized carbons (Fsp3) is 0.182. The van der Waals surface area contributed by atoms with Crippen LogP contribution in [0.2, 0.25) is 0 Å². The summed E-state index contributed by atoms with van der Waals surface area (Å²) in [5.41, 5.74) is 0. The molecule has 2 aromatic heterocycles. The Balaban J connectivity index is 0.000000351. The van der Waals surface area contributed by atoms with Gasteiger partial charge in [0, 0.05) is 30.8 Å². The summed E-state index contributed by atoms with van der Waals surface area (Å²) in [6.45, 7) is 0.519. The second kappa shape index (κ2) is 5.92. The number of halogens is 6. The van der Waals surface area contributed by atoms with E-state index in [9.17, 15) is 33.6 Å². The molecule has 5 nitrogen and oxygen atoms in total. The molecule has 24 heavy (non-hydrogen) atoms. The van der Waals surface area contributed by atoms with Crippen molar-refractivity contribution in [3.8, 4) is 0 Å². The second-order valence-electron chi connectivity index (χ2n) is 4.61. The van der Waals surface area contributed by atoms with Crippen LogP contribution in [0.3, 0.4) is 0 Å². The van der Waals surface area contributed by atoms with Crippen LogP contribution in [0.15, 0.2) is 47.9 Å². The van der Waals surface area contributed by atoms with Crippen LogP contribution in [-0.2, 0) is 16.4 Å². The van der Waals surface area contributed by atoms with Crippen molar-refractivity contribution in [2.45, 2.75) is 11.4 Å². The summed E-state index contributed by atoms with van der Waals surface area (Å²) in [5, 5.41) is 0. The van der Waals surface area contributed by atoms with Gasteiger partial charge in [-0.3, -0.25) is 0 Å². The molecular formula is C11H12F6N3O2PS. The minimum absolute atomic E-state index is 0.138. The SMILES string of the molecule is CS(=O)(=O)c1cnc(C[n+]2ccccc2)nc1.F[P-](F)(F)(F)(F)F. The Labute approximate surface area is 133 Å². The monoisotopic (exact) mass is 395 g/mol. The molecule has 0 aliphatic carbocycles. The van der Waals surface area contributed by atoms with Crippen molar-refractivity contribution in [1.82, 2.24) is 9.97 Å². The number of pyridine rings is 1. The average molecular weight is 395 g/mol. The van der Waals surface area contributed by atoms with E-state index >= 15 is 0 Å². The van der Waals surface area contributed by atoms with Crippen molar-refractivity contribution in [3.63, 3.8) is 0 Å². The van der Waals surface area contributed by atoms with Crippen LogP contribution < -0.4 is 4.57 Å². The van der Waals surface area contributed by atoms with Gasteiger partial charge in [-0.15, -0.1) is 0 Å². The van der Waals surface area contributed by atoms with Crippen LogP contribution in [-0.4, -0.2) is 24.6 Å². The van der Waals surface area contributed by atoms with E-state index in [4.69, 9.17) is 0 Å². The summed E-state index contributed by atoms with van der Waals surface area (Å²) in [5.74, 6) is 0.577. The minimum atomic E-state index is -10.7. The predicted molar refractivity (Wildman–Crippen MR) is 74.4 cm³/mol. The standard InChI is InChI=1S/C11H12N3O2S.F6P/c1-17(15,16)10-7-12-11(13-8-10)9-14-5-3-2-4-6-14;1-7(2,3,4,5)6/h2-8H,9H2,1H3;/q+1;-1. The molecule has 0 saturated heterocycles. The molecule has 0 aliphatic rings. The molecule has 136 valence electrons. The third-order valence-electron chi connectivity index (χ3n) is 2.21. The van der Waals surface area contributed by atoms with E-state index in [-0.39, 0.29) is 4.90 Å². The molecular weight excluding hydrogens is 383 g/mol. The zero-order chi connectivity index (χ0) is 18.7. The quantitative estimate of drug-likeness (QED) is 0.453. The zero-order valence-corrected chi connectivity index (χ0v) is 13.7. The van der Waals surface area contributed by atoms with Gasteiger partial charge >= 0.3 is 33.0 Å². The van der Waals surface area contributed by atoms with Crippen LogP contribution in [0.1, 0.15) is 5.82 Å². The molecule has 2 rings (SSSR count). The van der Waals surface area contributed by atoms with Gasteiger partial charge in [-0.05, 0) is 0 Å². The van der Waals surface area contributed by atoms with E-state index in [1.54, 1.807) is 0 Å². The molecule has 0 fully saturated rings. The van der Waals surface area contributed by atoms with E-state index in [1.807, 2.05) is 35.2 Å². The Morgan fingerprint density at radius 3 is 1.75 bits per heavy atom. The van der Waals surface area contributed by atoms with Gasteiger partial charge in [0.25, 0.3) is 0 Å². The van der Waals surface area contributed by atoms with Gasteiger partial charge in [-0.1, -0.05) is 6.07 Å². The topological polar surface area (TPSA) is 63.8 Å². The van der Waals surface area contributed by atoms with Crippen molar-refractivity contribution in [2.75, 3.05) is 6.26 Å². The number of hydrogen-bond donors (Lipinski definition) is 0. The molecule has 0 saturated carbocycles. The summed E-state index contributed by atoms with van der Waals surface area (Å²) in [4.78, 5) is 8.20. The first-order chi connectivity index (χ1) is 10.5. The van der Waals surface area contributed by atoms with Gasteiger partial charge < -0.3 is 0 Å². The summed E-state index contributed by atoms with van der Waals surface area (Å²) < 4.78 is 83.5. The van der Waals surface area contributed by atoms with E-state index in [0.29, 0.717) is 12.4 Å². The summed E-state index contributed by atoms with van der Waals surface area (Å²) in [6.07, 6.45) is 7.60. The summed E-state index contributed by atoms with van der Waals surface area (Å²) in [6, 6.07) is 5.74. The Bertz CT molecular complexity index is 784. The fourth-order valence-corrected chi connectivity index (χ4v) is 1.81. The molecule has 0 spiro atoms. The summed E-state index contributed by atoms with van der Waals surface area (Å²) in [7, 11) is -13.9. The van der Waals surface area contributed by atoms with Crippen LogP contribution in [0.4, 0.5) is 25.2 Å². The Kier molecular flexibility index (Phi) is 4.99. The molecule has 0 aliphatic heterocycles. The van der Waals surface area contributed by atoms with Crippen molar-refractivity contribution < 1.29 is 38.2 Å². The third kappa shape index (κ3) is 10.8. The van der Waals surface area contributed by atoms with Crippen molar-refractivity contribution in [2.24, 2.45) is 0 Å². The number of sulfone groups is 1. The van der Waals surface area contributed by atoms with Crippen molar-refractivity contribution in [3.05, 3.63) is 48.8 Å². The molecule has 0 aromatic carbocycles. The molecule has 0 radical (unpaired) electrons. The molecule has 0 unspecified atom stereocenters. The maximum atomic E-state index is 11.2. The molecule has 0 N–H and O–H groups in total. The molecule has 2 heterocycles. The van der Waals surface area contributed by atoms with E-state index < -0.39 is 17.6 Å². The predicted octanol–water partition coefficient (Wildman–Crippen LogP) is 3.60. The average Bonchev–Trinajstić information content (AvgIpc) is 2.36. The normalized spacial score (nSPS) is 14.8. The summed E-state index contributed by atoms with van der Waals surface area (Å²) >= 11 is 0. The first kappa shape index (κ1) is 20.2. The molecule has 0 bridgehead atoms. The van der Waals surface area contributed by atoms with E-state index in [1.165, 1.54) is 12.4 Å². The Morgan fingerprint density at radius 1 is 0.958 bits per heavy atom. The maximum absolute atomic E-state index is 11.2. The van der Waals surface area contributed by atoms with Crippen LogP contribution >= 0.6 is 7.81 Å². The number of rotatable bonds is 3. The fourth-order valence-electron chi connectivity index (χ4n) is 1.32.